The first-order valence-electron chi connectivity index (χ1n) is 13.0. The predicted octanol–water partition coefficient (Wildman–Crippen LogP) is 3.45. The maximum absolute atomic E-state index is 13.5. The van der Waals surface area contributed by atoms with Crippen LogP contribution in [0.2, 0.25) is 0 Å². The number of benzene rings is 1. The van der Waals surface area contributed by atoms with E-state index in [1.165, 1.54) is 6.92 Å². The highest BCUT2D eigenvalue weighted by Gasteiger charge is 2.52. The number of thiophene rings is 1. The van der Waals surface area contributed by atoms with Crippen molar-refractivity contribution in [3.63, 3.8) is 0 Å². The quantitative estimate of drug-likeness (QED) is 0.247. The third kappa shape index (κ3) is 8.10. The molecule has 0 radical (unpaired) electrons. The van der Waals surface area contributed by atoms with Crippen molar-refractivity contribution in [2.75, 3.05) is 26.6 Å². The summed E-state index contributed by atoms with van der Waals surface area (Å²) in [5, 5.41) is 13.8. The van der Waals surface area contributed by atoms with Gasteiger partial charge in [-0.25, -0.2) is 14.4 Å². The summed E-state index contributed by atoms with van der Waals surface area (Å²) >= 11 is 2.17. The van der Waals surface area contributed by atoms with Gasteiger partial charge in [0.05, 0.1) is 20.8 Å². The monoisotopic (exact) mass is 616 g/mol. The Hall–Kier alpha value is -3.91. The summed E-state index contributed by atoms with van der Waals surface area (Å²) < 4.78 is 14.9. The zero-order valence-corrected chi connectivity index (χ0v) is 25.3. The highest BCUT2D eigenvalue weighted by atomic mass is 32.2. The topological polar surface area (TPSA) is 162 Å². The molecule has 3 rings (SSSR count). The molecule has 0 bridgehead atoms. The molecule has 1 aliphatic rings. The van der Waals surface area contributed by atoms with Gasteiger partial charge >= 0.3 is 17.9 Å². The van der Waals surface area contributed by atoms with Crippen LogP contribution in [0.15, 0.2) is 57.9 Å². The van der Waals surface area contributed by atoms with Crippen molar-refractivity contribution < 1.29 is 38.2 Å². The summed E-state index contributed by atoms with van der Waals surface area (Å²) in [5.41, 5.74) is -1.14. The van der Waals surface area contributed by atoms with Crippen molar-refractivity contribution in [3.8, 4) is 0 Å². The van der Waals surface area contributed by atoms with Crippen LogP contribution in [0.1, 0.15) is 41.6 Å². The number of nitrogens with one attached hydrogen (secondary N) is 1. The number of ether oxygens (including phenoxy) is 3. The molecule has 1 amide bonds. The molecule has 224 valence electrons. The molecule has 0 fully saturated rings. The highest BCUT2D eigenvalue weighted by Crippen LogP contribution is 2.33. The van der Waals surface area contributed by atoms with Gasteiger partial charge in [0, 0.05) is 34.8 Å². The first kappa shape index (κ1) is 32.6. The van der Waals surface area contributed by atoms with E-state index in [0.29, 0.717) is 22.6 Å². The van der Waals surface area contributed by atoms with Crippen molar-refractivity contribution in [3.05, 3.63) is 57.8 Å². The van der Waals surface area contributed by atoms with Gasteiger partial charge in [-0.2, -0.15) is 0 Å². The minimum absolute atomic E-state index is 0.0891. The second-order valence-corrected chi connectivity index (χ2v) is 11.6. The summed E-state index contributed by atoms with van der Waals surface area (Å²) in [4.78, 5) is 64.3. The van der Waals surface area contributed by atoms with E-state index in [0.717, 1.165) is 42.9 Å². The fourth-order valence-corrected chi connectivity index (χ4v) is 6.08. The fourth-order valence-electron chi connectivity index (χ4n) is 4.20. The summed E-state index contributed by atoms with van der Waals surface area (Å²) in [5.74, 6) is -3.12. The Kier molecular flexibility index (Phi) is 11.9. The maximum Gasteiger partial charge on any atom is 0.357 e. The molecule has 1 N–H and O–H groups in total. The number of aryl methyl sites for hydroxylation is 1. The van der Waals surface area contributed by atoms with Crippen LogP contribution in [0.4, 0.5) is 0 Å². The average molecular weight is 617 g/mol. The smallest absolute Gasteiger partial charge is 0.357 e. The molecule has 0 aliphatic carbocycles. The molecular formula is C28H32N4O8S2. The number of carbonyl (C=O) groups excluding carboxylic acids is 5. The third-order valence-corrected chi connectivity index (χ3v) is 8.47. The van der Waals surface area contributed by atoms with Gasteiger partial charge in [-0.3, -0.25) is 9.59 Å². The van der Waals surface area contributed by atoms with Crippen LogP contribution in [0, 0.1) is 5.92 Å². The number of thioether (sulfide) groups is 1. The van der Waals surface area contributed by atoms with Gasteiger partial charge in [0.2, 0.25) is 11.4 Å². The van der Waals surface area contributed by atoms with Crippen molar-refractivity contribution in [2.24, 2.45) is 21.4 Å². The molecular weight excluding hydrogens is 584 g/mol. The van der Waals surface area contributed by atoms with Crippen LogP contribution < -0.4 is 5.32 Å². The van der Waals surface area contributed by atoms with Gasteiger partial charge in [-0.15, -0.1) is 21.6 Å². The minimum Gasteiger partial charge on any atom is -0.467 e. The zero-order chi connectivity index (χ0) is 30.7. The Morgan fingerprint density at radius 1 is 1.05 bits per heavy atom. The summed E-state index contributed by atoms with van der Waals surface area (Å²) in [6.07, 6.45) is 0.919. The van der Waals surface area contributed by atoms with E-state index in [4.69, 9.17) is 14.2 Å². The van der Waals surface area contributed by atoms with Crippen LogP contribution in [-0.4, -0.2) is 66.8 Å². The standard InChI is InChI=1S/C28H32N4O8S2/c1-5-40-25(35)22(29-24(34)19(16-41-17(2)33)12-11-18-9-7-6-8-10-18)21-14-13-20(42-21)15-28(27(37)39-4)23(26(36)38-3)30-32-31-28/h6-10,13-14,19,22H,5,11-12,15-16H2,1-4H3,(H,29,34). The van der Waals surface area contributed by atoms with Crippen LogP contribution in [0.5, 0.6) is 0 Å². The van der Waals surface area contributed by atoms with Crippen molar-refractivity contribution in [1.29, 1.82) is 0 Å². The molecule has 14 heteroatoms. The van der Waals surface area contributed by atoms with Gasteiger partial charge in [-0.05, 0) is 42.7 Å². The lowest BCUT2D eigenvalue weighted by Gasteiger charge is -2.22. The fraction of sp³-hybridized carbons (Fsp3) is 0.429. The number of rotatable bonds is 14. The van der Waals surface area contributed by atoms with E-state index in [1.54, 1.807) is 19.1 Å². The molecule has 1 aromatic heterocycles. The van der Waals surface area contributed by atoms with Crippen molar-refractivity contribution in [2.45, 2.75) is 44.7 Å². The van der Waals surface area contributed by atoms with E-state index in [1.807, 2.05) is 30.3 Å². The number of amides is 1. The Bertz CT molecular complexity index is 1360. The molecule has 1 aliphatic heterocycles. The van der Waals surface area contributed by atoms with E-state index in [-0.39, 0.29) is 29.6 Å². The molecule has 3 unspecified atom stereocenters. The maximum atomic E-state index is 13.5. The SMILES string of the molecule is CCOC(=O)C(NC(=O)C(CCc1ccccc1)CSC(C)=O)c1ccc(CC2(C(=O)OC)N=NN=C2C(=O)OC)s1. The van der Waals surface area contributed by atoms with E-state index >= 15 is 0 Å². The highest BCUT2D eigenvalue weighted by molar-refractivity contribution is 8.13. The molecule has 2 aromatic rings. The number of esters is 3. The van der Waals surface area contributed by atoms with Gasteiger partial charge in [-0.1, -0.05) is 42.1 Å². The zero-order valence-electron chi connectivity index (χ0n) is 23.7. The number of nitrogens with zero attached hydrogens (tertiary/aromatic N) is 3. The number of methoxy groups -OCH3 is 2. The average Bonchev–Trinajstić information content (AvgIpc) is 3.63. The minimum atomic E-state index is -1.86. The molecule has 3 atom stereocenters. The van der Waals surface area contributed by atoms with Crippen LogP contribution in [0.25, 0.3) is 0 Å². The second kappa shape index (κ2) is 15.4. The normalized spacial score (nSPS) is 17.1. The van der Waals surface area contributed by atoms with Crippen LogP contribution in [0.3, 0.4) is 0 Å². The number of carbonyl (C=O) groups is 5. The van der Waals surface area contributed by atoms with Crippen molar-refractivity contribution in [1.82, 2.24) is 5.32 Å². The van der Waals surface area contributed by atoms with Crippen LogP contribution >= 0.6 is 23.1 Å². The van der Waals surface area contributed by atoms with E-state index in [2.05, 4.69) is 20.8 Å². The lowest BCUT2D eigenvalue weighted by atomic mass is 9.89. The Balaban J connectivity index is 1.85. The number of hydrogen-bond acceptors (Lipinski definition) is 13. The lowest BCUT2D eigenvalue weighted by molar-refractivity contribution is -0.148. The van der Waals surface area contributed by atoms with E-state index in [9.17, 15) is 24.0 Å². The molecule has 0 spiro atoms. The van der Waals surface area contributed by atoms with Gasteiger partial charge < -0.3 is 19.5 Å². The molecule has 0 saturated heterocycles. The molecule has 2 heterocycles. The Morgan fingerprint density at radius 2 is 1.79 bits per heavy atom. The van der Waals surface area contributed by atoms with Gasteiger partial charge in [0.25, 0.3) is 0 Å². The molecule has 42 heavy (non-hydrogen) atoms. The van der Waals surface area contributed by atoms with Crippen molar-refractivity contribution >= 4 is 57.7 Å². The van der Waals surface area contributed by atoms with Gasteiger partial charge in [0.1, 0.15) is 0 Å². The molecule has 0 saturated carbocycles. The summed E-state index contributed by atoms with van der Waals surface area (Å²) in [6.45, 7) is 3.18. The summed E-state index contributed by atoms with van der Waals surface area (Å²) in [6, 6.07) is 11.8. The first-order chi connectivity index (χ1) is 20.1. The largest absolute Gasteiger partial charge is 0.467 e. The third-order valence-electron chi connectivity index (χ3n) is 6.34. The first-order valence-corrected chi connectivity index (χ1v) is 14.8. The summed E-state index contributed by atoms with van der Waals surface area (Å²) in [7, 11) is 2.29. The number of hydrogen-bond donors (Lipinski definition) is 1. The molecule has 1 aromatic carbocycles. The van der Waals surface area contributed by atoms with E-state index < -0.39 is 41.3 Å². The Morgan fingerprint density at radius 3 is 2.43 bits per heavy atom. The second-order valence-electron chi connectivity index (χ2n) is 9.18. The van der Waals surface area contributed by atoms with Gasteiger partial charge in [0.15, 0.2) is 16.9 Å². The lowest BCUT2D eigenvalue weighted by Crippen LogP contribution is -2.49. The predicted molar refractivity (Wildman–Crippen MR) is 156 cm³/mol. The molecule has 12 nitrogen and oxygen atoms in total. The van der Waals surface area contributed by atoms with Crippen LogP contribution in [-0.2, 0) is 51.0 Å². The Labute approximate surface area is 251 Å².